The molecule has 0 amide bonds. The number of rotatable bonds is 4. The zero-order valence-electron chi connectivity index (χ0n) is 9.33. The molecule has 0 radical (unpaired) electrons. The minimum atomic E-state index is -0.892. The van der Waals surface area contributed by atoms with Crippen molar-refractivity contribution in [2.24, 2.45) is 7.05 Å². The number of carboxylic acid groups (broad SMARTS) is 1. The van der Waals surface area contributed by atoms with Crippen LogP contribution in [0.25, 0.3) is 0 Å². The molecule has 4 nitrogen and oxygen atoms in total. The largest absolute Gasteiger partial charge is 0.478 e. The Morgan fingerprint density at radius 1 is 1.41 bits per heavy atom. The van der Waals surface area contributed by atoms with Crippen LogP contribution in [0.3, 0.4) is 0 Å². The van der Waals surface area contributed by atoms with Crippen LogP contribution in [0.2, 0.25) is 0 Å². The molecular formula is C12H12N2O2S. The van der Waals surface area contributed by atoms with Gasteiger partial charge in [-0.15, -0.1) is 11.8 Å². The lowest BCUT2D eigenvalue weighted by Gasteiger charge is -2.00. The molecular weight excluding hydrogens is 236 g/mol. The van der Waals surface area contributed by atoms with Gasteiger partial charge in [0.2, 0.25) is 0 Å². The summed E-state index contributed by atoms with van der Waals surface area (Å²) in [4.78, 5) is 11.8. The lowest BCUT2D eigenvalue weighted by Crippen LogP contribution is -1.95. The Balaban J connectivity index is 1.97. The summed E-state index contributed by atoms with van der Waals surface area (Å²) in [5.74, 6) is -0.0811. The average Bonchev–Trinajstić information content (AvgIpc) is 2.73. The van der Waals surface area contributed by atoms with E-state index in [1.54, 1.807) is 28.6 Å². The summed E-state index contributed by atoms with van der Waals surface area (Å²) in [5.41, 5.74) is 1.42. The summed E-state index contributed by atoms with van der Waals surface area (Å²) in [5, 5.41) is 12.9. The zero-order chi connectivity index (χ0) is 12.3. The average molecular weight is 248 g/mol. The van der Waals surface area contributed by atoms with Crippen LogP contribution in [0.5, 0.6) is 0 Å². The first-order chi connectivity index (χ1) is 8.15. The molecule has 0 saturated heterocycles. The van der Waals surface area contributed by atoms with Gasteiger partial charge >= 0.3 is 5.97 Å². The van der Waals surface area contributed by atoms with E-state index >= 15 is 0 Å². The van der Waals surface area contributed by atoms with E-state index in [4.69, 9.17) is 5.11 Å². The highest BCUT2D eigenvalue weighted by atomic mass is 32.2. The fraction of sp³-hybridized carbons (Fsp3) is 0.167. The monoisotopic (exact) mass is 248 g/mol. The third-order valence-electron chi connectivity index (χ3n) is 2.29. The number of aromatic carboxylic acids is 1. The van der Waals surface area contributed by atoms with E-state index in [1.807, 2.05) is 31.6 Å². The van der Waals surface area contributed by atoms with Crippen LogP contribution < -0.4 is 0 Å². The van der Waals surface area contributed by atoms with Crippen LogP contribution in [0.4, 0.5) is 0 Å². The molecule has 0 spiro atoms. The first-order valence-corrected chi connectivity index (χ1v) is 6.07. The standard InChI is InChI=1S/C12H12N2O2S/c1-14-7-11(6-13-14)17-8-9-2-4-10(5-3-9)12(15)16/h2-7H,8H2,1H3,(H,15,16). The summed E-state index contributed by atoms with van der Waals surface area (Å²) in [7, 11) is 1.88. The Kier molecular flexibility index (Phi) is 3.49. The predicted molar refractivity (Wildman–Crippen MR) is 66.2 cm³/mol. The minimum Gasteiger partial charge on any atom is -0.478 e. The molecule has 5 heteroatoms. The van der Waals surface area contributed by atoms with Crippen molar-refractivity contribution in [1.82, 2.24) is 9.78 Å². The third-order valence-corrected chi connectivity index (χ3v) is 3.31. The Morgan fingerprint density at radius 2 is 2.12 bits per heavy atom. The van der Waals surface area contributed by atoms with Crippen LogP contribution >= 0.6 is 11.8 Å². The number of thioether (sulfide) groups is 1. The van der Waals surface area contributed by atoms with E-state index < -0.39 is 5.97 Å². The molecule has 2 aromatic rings. The topological polar surface area (TPSA) is 55.1 Å². The number of hydrogen-bond donors (Lipinski definition) is 1. The molecule has 0 aliphatic heterocycles. The lowest BCUT2D eigenvalue weighted by molar-refractivity contribution is 0.0697. The van der Waals surface area contributed by atoms with Crippen molar-refractivity contribution in [3.8, 4) is 0 Å². The van der Waals surface area contributed by atoms with Crippen molar-refractivity contribution in [3.05, 3.63) is 47.8 Å². The Morgan fingerprint density at radius 3 is 2.65 bits per heavy atom. The van der Waals surface area contributed by atoms with Crippen molar-refractivity contribution in [1.29, 1.82) is 0 Å². The van der Waals surface area contributed by atoms with Gasteiger partial charge in [-0.3, -0.25) is 4.68 Å². The summed E-state index contributed by atoms with van der Waals surface area (Å²) < 4.78 is 1.76. The molecule has 0 aliphatic carbocycles. The molecule has 88 valence electrons. The maximum absolute atomic E-state index is 10.7. The van der Waals surface area contributed by atoms with Gasteiger partial charge in [0.15, 0.2) is 0 Å². The Hall–Kier alpha value is -1.75. The number of nitrogens with zero attached hydrogens (tertiary/aromatic N) is 2. The normalized spacial score (nSPS) is 10.4. The van der Waals surface area contributed by atoms with E-state index in [0.29, 0.717) is 5.56 Å². The van der Waals surface area contributed by atoms with Crippen LogP contribution in [0.1, 0.15) is 15.9 Å². The van der Waals surface area contributed by atoms with Crippen LogP contribution in [-0.4, -0.2) is 20.9 Å². The number of hydrogen-bond acceptors (Lipinski definition) is 3. The van der Waals surface area contributed by atoms with E-state index in [0.717, 1.165) is 16.2 Å². The predicted octanol–water partition coefficient (Wildman–Crippen LogP) is 2.41. The van der Waals surface area contributed by atoms with Crippen molar-refractivity contribution < 1.29 is 9.90 Å². The number of carboxylic acids is 1. The van der Waals surface area contributed by atoms with Gasteiger partial charge in [0.05, 0.1) is 11.8 Å². The maximum Gasteiger partial charge on any atom is 0.335 e. The van der Waals surface area contributed by atoms with Crippen LogP contribution in [-0.2, 0) is 12.8 Å². The molecule has 0 aliphatic rings. The molecule has 2 rings (SSSR count). The van der Waals surface area contributed by atoms with E-state index in [-0.39, 0.29) is 0 Å². The molecule has 0 bridgehead atoms. The second-order valence-electron chi connectivity index (χ2n) is 3.64. The molecule has 0 atom stereocenters. The van der Waals surface area contributed by atoms with Gasteiger partial charge in [0.25, 0.3) is 0 Å². The lowest BCUT2D eigenvalue weighted by atomic mass is 10.1. The molecule has 1 aromatic carbocycles. The Labute approximate surface area is 103 Å². The number of benzene rings is 1. The summed E-state index contributed by atoms with van der Waals surface area (Å²) in [6.45, 7) is 0. The second kappa shape index (κ2) is 5.05. The highest BCUT2D eigenvalue weighted by molar-refractivity contribution is 7.98. The van der Waals surface area contributed by atoms with E-state index in [1.165, 1.54) is 0 Å². The fourth-order valence-electron chi connectivity index (χ4n) is 1.38. The first-order valence-electron chi connectivity index (χ1n) is 5.09. The van der Waals surface area contributed by atoms with Crippen LogP contribution in [0, 0.1) is 0 Å². The second-order valence-corrected chi connectivity index (χ2v) is 4.69. The fourth-order valence-corrected chi connectivity index (χ4v) is 2.26. The quantitative estimate of drug-likeness (QED) is 0.844. The smallest absolute Gasteiger partial charge is 0.335 e. The zero-order valence-corrected chi connectivity index (χ0v) is 10.1. The SMILES string of the molecule is Cn1cc(SCc2ccc(C(=O)O)cc2)cn1. The van der Waals surface area contributed by atoms with Gasteiger partial charge in [0.1, 0.15) is 0 Å². The highest BCUT2D eigenvalue weighted by Crippen LogP contribution is 2.21. The Bertz CT molecular complexity index is 520. The summed E-state index contributed by atoms with van der Waals surface area (Å²) in [6, 6.07) is 6.93. The molecule has 1 aromatic heterocycles. The molecule has 0 fully saturated rings. The van der Waals surface area contributed by atoms with Crippen molar-refractivity contribution >= 4 is 17.7 Å². The molecule has 17 heavy (non-hydrogen) atoms. The van der Waals surface area contributed by atoms with E-state index in [9.17, 15) is 4.79 Å². The summed E-state index contributed by atoms with van der Waals surface area (Å²) in [6.07, 6.45) is 3.77. The van der Waals surface area contributed by atoms with Gasteiger partial charge < -0.3 is 5.11 Å². The van der Waals surface area contributed by atoms with Crippen LogP contribution in [0.15, 0.2) is 41.6 Å². The van der Waals surface area contributed by atoms with E-state index in [2.05, 4.69) is 5.10 Å². The number of carbonyl (C=O) groups is 1. The molecule has 0 unspecified atom stereocenters. The van der Waals surface area contributed by atoms with Gasteiger partial charge in [0, 0.05) is 23.9 Å². The van der Waals surface area contributed by atoms with Crippen molar-refractivity contribution in [3.63, 3.8) is 0 Å². The van der Waals surface area contributed by atoms with Crippen molar-refractivity contribution in [2.45, 2.75) is 10.6 Å². The summed E-state index contributed by atoms with van der Waals surface area (Å²) >= 11 is 1.68. The van der Waals surface area contributed by atoms with Gasteiger partial charge in [-0.25, -0.2) is 4.79 Å². The highest BCUT2D eigenvalue weighted by Gasteiger charge is 2.02. The number of aryl methyl sites for hydroxylation is 1. The minimum absolute atomic E-state index is 0.320. The third kappa shape index (κ3) is 3.10. The molecule has 1 N–H and O–H groups in total. The maximum atomic E-state index is 10.7. The van der Waals surface area contributed by atoms with Gasteiger partial charge in [-0.1, -0.05) is 12.1 Å². The first kappa shape index (κ1) is 11.7. The molecule has 0 saturated carbocycles. The van der Waals surface area contributed by atoms with Gasteiger partial charge in [-0.05, 0) is 17.7 Å². The van der Waals surface area contributed by atoms with Gasteiger partial charge in [-0.2, -0.15) is 5.10 Å². The van der Waals surface area contributed by atoms with Crippen molar-refractivity contribution in [2.75, 3.05) is 0 Å². The number of aromatic nitrogens is 2. The molecule has 1 heterocycles.